The number of hydrazine groups is 1. The summed E-state index contributed by atoms with van der Waals surface area (Å²) in [5.41, 5.74) is 6.29. The fourth-order valence-corrected chi connectivity index (χ4v) is 3.60. The van der Waals surface area contributed by atoms with Gasteiger partial charge in [0.05, 0.1) is 5.69 Å². The highest BCUT2D eigenvalue weighted by Crippen LogP contribution is 2.28. The van der Waals surface area contributed by atoms with Crippen molar-refractivity contribution in [1.82, 2.24) is 5.43 Å². The Morgan fingerprint density at radius 1 is 1.08 bits per heavy atom. The maximum Gasteiger partial charge on any atom is 0.275 e. The quantitative estimate of drug-likeness (QED) is 0.821. The molecule has 5 nitrogen and oxygen atoms in total. The minimum Gasteiger partial charge on any atom is -0.307 e. The zero-order chi connectivity index (χ0) is 18.1. The summed E-state index contributed by atoms with van der Waals surface area (Å²) in [5, 5.41) is 1.44. The van der Waals surface area contributed by atoms with Crippen molar-refractivity contribution in [2.24, 2.45) is 0 Å². The molecule has 4 rings (SSSR count). The number of nitrogens with one attached hydrogen (secondary N) is 1. The van der Waals surface area contributed by atoms with Crippen molar-refractivity contribution in [1.29, 1.82) is 0 Å². The summed E-state index contributed by atoms with van der Waals surface area (Å²) in [5.74, 6) is -0.199. The van der Waals surface area contributed by atoms with Gasteiger partial charge in [-0.3, -0.25) is 15.0 Å². The highest BCUT2D eigenvalue weighted by Gasteiger charge is 2.29. The Labute approximate surface area is 160 Å². The van der Waals surface area contributed by atoms with Crippen LogP contribution in [0.25, 0.3) is 0 Å². The molecule has 2 heterocycles. The van der Waals surface area contributed by atoms with Crippen LogP contribution in [0.1, 0.15) is 18.4 Å². The van der Waals surface area contributed by atoms with Crippen molar-refractivity contribution in [2.45, 2.75) is 19.3 Å². The van der Waals surface area contributed by atoms with Crippen molar-refractivity contribution < 1.29 is 9.59 Å². The molecule has 2 aliphatic heterocycles. The topological polar surface area (TPSA) is 52.7 Å². The molecular weight excluding hydrogens is 394 g/mol. The number of carbonyl (C=O) groups excluding carboxylic acids is 2. The highest BCUT2D eigenvalue weighted by molar-refractivity contribution is 9.10. The van der Waals surface area contributed by atoms with Crippen LogP contribution in [-0.2, 0) is 16.0 Å². The van der Waals surface area contributed by atoms with E-state index in [1.54, 1.807) is 11.0 Å². The number of para-hydroxylation sites is 1. The first-order valence-corrected chi connectivity index (χ1v) is 9.38. The summed E-state index contributed by atoms with van der Waals surface area (Å²) >= 11 is 3.39. The maximum atomic E-state index is 13.1. The SMILES string of the molecule is O=C(C1=CCC(=O)N(c2ccc(Br)cc2)N1)N1CCCc2ccccc21. The second-order valence-electron chi connectivity index (χ2n) is 6.33. The van der Waals surface area contributed by atoms with Crippen LogP contribution in [0.15, 0.2) is 64.8 Å². The van der Waals surface area contributed by atoms with Crippen LogP contribution in [0.5, 0.6) is 0 Å². The average molecular weight is 412 g/mol. The summed E-state index contributed by atoms with van der Waals surface area (Å²) in [6.45, 7) is 0.682. The number of fused-ring (bicyclic) bond motifs is 1. The second-order valence-corrected chi connectivity index (χ2v) is 7.24. The molecule has 0 saturated heterocycles. The van der Waals surface area contributed by atoms with Gasteiger partial charge >= 0.3 is 0 Å². The van der Waals surface area contributed by atoms with E-state index in [1.165, 1.54) is 10.6 Å². The largest absolute Gasteiger partial charge is 0.307 e. The molecule has 0 unspecified atom stereocenters. The molecule has 1 N–H and O–H groups in total. The standard InChI is InChI=1S/C20H18BrN3O2/c21-15-7-9-16(10-8-15)24-19(25)12-11-17(22-24)20(26)23-13-3-5-14-4-1-2-6-18(14)23/h1-2,4,6-11,22H,3,5,12-13H2. The van der Waals surface area contributed by atoms with E-state index in [0.717, 1.165) is 23.0 Å². The van der Waals surface area contributed by atoms with E-state index >= 15 is 0 Å². The van der Waals surface area contributed by atoms with Crippen LogP contribution in [0.2, 0.25) is 0 Å². The molecule has 2 aromatic carbocycles. The van der Waals surface area contributed by atoms with Gasteiger partial charge in [0.1, 0.15) is 5.70 Å². The van der Waals surface area contributed by atoms with Crippen LogP contribution < -0.4 is 15.3 Å². The molecule has 0 bridgehead atoms. The van der Waals surface area contributed by atoms with Crippen molar-refractivity contribution in [2.75, 3.05) is 16.5 Å². The molecule has 0 radical (unpaired) electrons. The minimum absolute atomic E-state index is 0.0945. The van der Waals surface area contributed by atoms with Gasteiger partial charge in [-0.15, -0.1) is 0 Å². The van der Waals surface area contributed by atoms with Gasteiger partial charge in [-0.05, 0) is 54.8 Å². The predicted octanol–water partition coefficient (Wildman–Crippen LogP) is 3.55. The number of amides is 2. The number of hydrogen-bond donors (Lipinski definition) is 1. The van der Waals surface area contributed by atoms with E-state index in [4.69, 9.17) is 0 Å². The molecule has 2 amide bonds. The summed E-state index contributed by atoms with van der Waals surface area (Å²) in [7, 11) is 0. The third kappa shape index (κ3) is 3.12. The normalized spacial score (nSPS) is 16.7. The van der Waals surface area contributed by atoms with Gasteiger partial charge in [-0.2, -0.15) is 0 Å². The second kappa shape index (κ2) is 6.96. The lowest BCUT2D eigenvalue weighted by Gasteiger charge is -2.34. The van der Waals surface area contributed by atoms with E-state index < -0.39 is 0 Å². The smallest absolute Gasteiger partial charge is 0.275 e. The Morgan fingerprint density at radius 2 is 1.85 bits per heavy atom. The van der Waals surface area contributed by atoms with Crippen LogP contribution >= 0.6 is 15.9 Å². The van der Waals surface area contributed by atoms with Gasteiger partial charge in [0.15, 0.2) is 0 Å². The van der Waals surface area contributed by atoms with Crippen LogP contribution in [0.4, 0.5) is 11.4 Å². The van der Waals surface area contributed by atoms with E-state index in [-0.39, 0.29) is 18.2 Å². The Bertz CT molecular complexity index is 892. The average Bonchev–Trinajstić information content (AvgIpc) is 2.68. The molecule has 26 heavy (non-hydrogen) atoms. The van der Waals surface area contributed by atoms with E-state index in [9.17, 15) is 9.59 Å². The zero-order valence-corrected chi connectivity index (χ0v) is 15.7. The first-order valence-electron chi connectivity index (χ1n) is 8.58. The molecule has 6 heteroatoms. The molecule has 0 aliphatic carbocycles. The number of hydrogen-bond acceptors (Lipinski definition) is 3. The molecule has 2 aromatic rings. The monoisotopic (exact) mass is 411 g/mol. The summed E-state index contributed by atoms with van der Waals surface area (Å²) in [6.07, 6.45) is 3.79. The number of halogens is 1. The number of aryl methyl sites for hydroxylation is 1. The fourth-order valence-electron chi connectivity index (χ4n) is 3.33. The lowest BCUT2D eigenvalue weighted by Crippen LogP contribution is -2.50. The number of rotatable bonds is 2. The molecule has 132 valence electrons. The van der Waals surface area contributed by atoms with Gasteiger partial charge in [-0.1, -0.05) is 34.1 Å². The number of benzene rings is 2. The molecule has 0 fully saturated rings. The molecular formula is C20H18BrN3O2. The third-order valence-corrected chi connectivity index (χ3v) is 5.16. The van der Waals surface area contributed by atoms with Crippen LogP contribution in [-0.4, -0.2) is 18.4 Å². The lowest BCUT2D eigenvalue weighted by atomic mass is 10.0. The van der Waals surface area contributed by atoms with Crippen molar-refractivity contribution in [3.63, 3.8) is 0 Å². The van der Waals surface area contributed by atoms with E-state index in [0.29, 0.717) is 17.9 Å². The van der Waals surface area contributed by atoms with Crippen molar-refractivity contribution in [3.05, 3.63) is 70.3 Å². The highest BCUT2D eigenvalue weighted by atomic mass is 79.9. The van der Waals surface area contributed by atoms with Crippen molar-refractivity contribution >= 4 is 39.1 Å². The Hall–Kier alpha value is -2.60. The van der Waals surface area contributed by atoms with Crippen molar-refractivity contribution in [3.8, 4) is 0 Å². The first-order chi connectivity index (χ1) is 12.6. The Morgan fingerprint density at radius 3 is 2.65 bits per heavy atom. The number of nitrogens with zero attached hydrogens (tertiary/aromatic N) is 2. The summed E-state index contributed by atoms with van der Waals surface area (Å²) in [4.78, 5) is 27.2. The van der Waals surface area contributed by atoms with E-state index in [2.05, 4.69) is 27.4 Å². The first kappa shape index (κ1) is 16.8. The third-order valence-electron chi connectivity index (χ3n) is 4.63. The molecule has 0 atom stereocenters. The molecule has 0 spiro atoms. The zero-order valence-electron chi connectivity index (χ0n) is 14.1. The van der Waals surface area contributed by atoms with Gasteiger partial charge in [0.2, 0.25) is 5.91 Å². The van der Waals surface area contributed by atoms with Gasteiger partial charge in [0, 0.05) is 23.1 Å². The predicted molar refractivity (Wildman–Crippen MR) is 105 cm³/mol. The fraction of sp³-hybridized carbons (Fsp3) is 0.200. The van der Waals surface area contributed by atoms with Crippen LogP contribution in [0.3, 0.4) is 0 Å². The lowest BCUT2D eigenvalue weighted by molar-refractivity contribution is -0.119. The molecule has 2 aliphatic rings. The molecule has 0 aromatic heterocycles. The summed E-state index contributed by atoms with van der Waals surface area (Å²) < 4.78 is 0.933. The van der Waals surface area contributed by atoms with Gasteiger partial charge < -0.3 is 4.90 Å². The van der Waals surface area contributed by atoms with E-state index in [1.807, 2.05) is 42.5 Å². The van der Waals surface area contributed by atoms with Gasteiger partial charge in [-0.25, -0.2) is 5.01 Å². The van der Waals surface area contributed by atoms with Crippen LogP contribution in [0, 0.1) is 0 Å². The number of anilines is 2. The minimum atomic E-state index is -0.105. The number of carbonyl (C=O) groups is 2. The van der Waals surface area contributed by atoms with Gasteiger partial charge in [0.25, 0.3) is 5.91 Å². The summed E-state index contributed by atoms with van der Waals surface area (Å²) in [6, 6.07) is 15.4. The maximum absolute atomic E-state index is 13.1. The Balaban J connectivity index is 1.59. The molecule has 0 saturated carbocycles. The Kier molecular flexibility index (Phi) is 4.51.